The number of carboxylic acid groups (broad SMARTS) is 2. The Morgan fingerprint density at radius 3 is 2.48 bits per heavy atom. The van der Waals surface area contributed by atoms with Crippen LogP contribution in [0.3, 0.4) is 0 Å². The molecule has 0 aliphatic carbocycles. The van der Waals surface area contributed by atoms with Gasteiger partial charge in [-0.25, -0.2) is 19.6 Å². The standard InChI is InChI=1S/C13H19N3O.C2H2O4/c1-3-9-17-13-12(14-6-7-15-13)11-5-4-8-16(2)10-11;3-1(4)2(5)6/h5-7H,3-4,8-10H2,1-2H3;(H,3,4)(H,5,6). The summed E-state index contributed by atoms with van der Waals surface area (Å²) in [6, 6.07) is 0. The van der Waals surface area contributed by atoms with Crippen LogP contribution < -0.4 is 4.74 Å². The molecule has 0 amide bonds. The maximum Gasteiger partial charge on any atom is 0.414 e. The van der Waals surface area contributed by atoms with Gasteiger partial charge in [-0.05, 0) is 25.5 Å². The summed E-state index contributed by atoms with van der Waals surface area (Å²) in [5.41, 5.74) is 2.12. The molecule has 2 N–H and O–H groups in total. The summed E-state index contributed by atoms with van der Waals surface area (Å²) >= 11 is 0. The van der Waals surface area contributed by atoms with Crippen LogP contribution in [0.4, 0.5) is 0 Å². The van der Waals surface area contributed by atoms with Crippen molar-refractivity contribution in [2.75, 3.05) is 26.7 Å². The zero-order valence-corrected chi connectivity index (χ0v) is 13.2. The van der Waals surface area contributed by atoms with Gasteiger partial charge in [-0.15, -0.1) is 0 Å². The summed E-state index contributed by atoms with van der Waals surface area (Å²) in [4.78, 5) is 29.2. The average Bonchev–Trinajstić information content (AvgIpc) is 2.53. The molecule has 0 fully saturated rings. The third-order valence-corrected chi connectivity index (χ3v) is 2.94. The lowest BCUT2D eigenvalue weighted by atomic mass is 10.1. The maximum absolute atomic E-state index is 9.10. The molecule has 1 aromatic heterocycles. The van der Waals surface area contributed by atoms with Crippen LogP contribution in [0, 0.1) is 0 Å². The van der Waals surface area contributed by atoms with Crippen LogP contribution in [0.1, 0.15) is 25.5 Å². The third kappa shape index (κ3) is 6.43. The Bertz CT molecular complexity index is 562. The SMILES string of the molecule is CCCOc1nccnc1C1=CCCN(C)C1.O=C(O)C(=O)O. The fraction of sp³-hybridized carbons (Fsp3) is 0.467. The number of aliphatic carboxylic acids is 2. The van der Waals surface area contributed by atoms with Gasteiger partial charge in [-0.1, -0.05) is 13.0 Å². The highest BCUT2D eigenvalue weighted by Crippen LogP contribution is 2.24. The van der Waals surface area contributed by atoms with E-state index in [4.69, 9.17) is 24.5 Å². The van der Waals surface area contributed by atoms with Gasteiger partial charge in [0.1, 0.15) is 5.69 Å². The van der Waals surface area contributed by atoms with Gasteiger partial charge in [0.25, 0.3) is 0 Å². The van der Waals surface area contributed by atoms with Crippen molar-refractivity contribution < 1.29 is 24.5 Å². The molecule has 0 radical (unpaired) electrons. The minimum atomic E-state index is -1.82. The second-order valence-corrected chi connectivity index (χ2v) is 4.92. The van der Waals surface area contributed by atoms with Gasteiger partial charge in [0, 0.05) is 25.5 Å². The molecule has 0 aromatic carbocycles. The molecule has 0 unspecified atom stereocenters. The van der Waals surface area contributed by atoms with Crippen molar-refractivity contribution in [2.45, 2.75) is 19.8 Å². The number of hydrogen-bond acceptors (Lipinski definition) is 6. The Balaban J connectivity index is 0.000000379. The van der Waals surface area contributed by atoms with Crippen LogP contribution >= 0.6 is 0 Å². The van der Waals surface area contributed by atoms with E-state index >= 15 is 0 Å². The predicted octanol–water partition coefficient (Wildman–Crippen LogP) is 1.14. The molecule has 0 atom stereocenters. The highest BCUT2D eigenvalue weighted by molar-refractivity contribution is 6.27. The first-order valence-corrected chi connectivity index (χ1v) is 7.23. The molecular weight excluding hydrogens is 302 g/mol. The summed E-state index contributed by atoms with van der Waals surface area (Å²) in [6.07, 6.45) is 7.69. The molecular formula is C15H21N3O5. The summed E-state index contributed by atoms with van der Waals surface area (Å²) < 4.78 is 5.64. The normalized spacial score (nSPS) is 14.3. The largest absolute Gasteiger partial charge is 0.476 e. The summed E-state index contributed by atoms with van der Waals surface area (Å²) in [7, 11) is 2.12. The molecule has 1 aliphatic rings. The lowest BCUT2D eigenvalue weighted by Crippen LogP contribution is -2.25. The molecule has 2 heterocycles. The van der Waals surface area contributed by atoms with Gasteiger partial charge in [0.2, 0.25) is 5.88 Å². The Kier molecular flexibility index (Phi) is 7.69. The quantitative estimate of drug-likeness (QED) is 0.793. The van der Waals surface area contributed by atoms with E-state index in [2.05, 4.69) is 34.9 Å². The number of likely N-dealkylation sites (N-methyl/N-ethyl adjacent to an activating group) is 1. The molecule has 0 saturated heterocycles. The first-order valence-electron chi connectivity index (χ1n) is 7.23. The minimum absolute atomic E-state index is 0.663. The Hall–Kier alpha value is -2.48. The molecule has 126 valence electrons. The Morgan fingerprint density at radius 1 is 1.26 bits per heavy atom. The van der Waals surface area contributed by atoms with Crippen molar-refractivity contribution in [3.05, 3.63) is 24.2 Å². The van der Waals surface area contributed by atoms with Gasteiger partial charge < -0.3 is 19.8 Å². The fourth-order valence-corrected chi connectivity index (χ4v) is 1.92. The zero-order chi connectivity index (χ0) is 17.2. The summed E-state index contributed by atoms with van der Waals surface area (Å²) in [6.45, 7) is 4.80. The molecule has 0 spiro atoms. The van der Waals surface area contributed by atoms with Gasteiger partial charge >= 0.3 is 11.9 Å². The number of aromatic nitrogens is 2. The van der Waals surface area contributed by atoms with Crippen LogP contribution in [0.2, 0.25) is 0 Å². The highest BCUT2D eigenvalue weighted by atomic mass is 16.5. The first kappa shape index (κ1) is 18.6. The van der Waals surface area contributed by atoms with Gasteiger partial charge in [0.15, 0.2) is 0 Å². The van der Waals surface area contributed by atoms with Crippen LogP contribution in [-0.2, 0) is 9.59 Å². The van der Waals surface area contributed by atoms with E-state index in [0.717, 1.165) is 31.6 Å². The van der Waals surface area contributed by atoms with Crippen molar-refractivity contribution >= 4 is 17.5 Å². The number of nitrogens with zero attached hydrogens (tertiary/aromatic N) is 3. The van der Waals surface area contributed by atoms with E-state index in [1.807, 2.05) is 0 Å². The first-order chi connectivity index (χ1) is 11.0. The Morgan fingerprint density at radius 2 is 1.91 bits per heavy atom. The number of ether oxygens (including phenoxy) is 1. The predicted molar refractivity (Wildman–Crippen MR) is 83.2 cm³/mol. The van der Waals surface area contributed by atoms with Crippen molar-refractivity contribution in [3.8, 4) is 5.88 Å². The molecule has 0 bridgehead atoms. The van der Waals surface area contributed by atoms with E-state index in [1.54, 1.807) is 12.4 Å². The third-order valence-electron chi connectivity index (χ3n) is 2.94. The summed E-state index contributed by atoms with van der Waals surface area (Å²) in [5.74, 6) is -2.99. The van der Waals surface area contributed by atoms with Crippen molar-refractivity contribution in [2.24, 2.45) is 0 Å². The van der Waals surface area contributed by atoms with Crippen LogP contribution in [0.25, 0.3) is 5.57 Å². The maximum atomic E-state index is 9.10. The van der Waals surface area contributed by atoms with Crippen LogP contribution in [0.5, 0.6) is 5.88 Å². The van der Waals surface area contributed by atoms with Crippen LogP contribution in [0.15, 0.2) is 18.5 Å². The molecule has 1 aliphatic heterocycles. The van der Waals surface area contributed by atoms with Crippen molar-refractivity contribution in [1.29, 1.82) is 0 Å². The van der Waals surface area contributed by atoms with E-state index in [0.29, 0.717) is 12.5 Å². The van der Waals surface area contributed by atoms with Crippen molar-refractivity contribution in [1.82, 2.24) is 14.9 Å². The number of hydrogen-bond donors (Lipinski definition) is 2. The topological polar surface area (TPSA) is 113 Å². The molecule has 1 aromatic rings. The fourth-order valence-electron chi connectivity index (χ4n) is 1.92. The average molecular weight is 323 g/mol. The number of rotatable bonds is 4. The molecule has 8 heteroatoms. The van der Waals surface area contributed by atoms with E-state index in [-0.39, 0.29) is 0 Å². The minimum Gasteiger partial charge on any atom is -0.476 e. The van der Waals surface area contributed by atoms with E-state index < -0.39 is 11.9 Å². The van der Waals surface area contributed by atoms with Gasteiger partial charge in [-0.2, -0.15) is 0 Å². The van der Waals surface area contributed by atoms with E-state index in [1.165, 1.54) is 5.57 Å². The monoisotopic (exact) mass is 323 g/mol. The smallest absolute Gasteiger partial charge is 0.414 e. The van der Waals surface area contributed by atoms with Crippen LogP contribution in [-0.4, -0.2) is 63.8 Å². The Labute approximate surface area is 134 Å². The lowest BCUT2D eigenvalue weighted by Gasteiger charge is -2.23. The van der Waals surface area contributed by atoms with Crippen molar-refractivity contribution in [3.63, 3.8) is 0 Å². The molecule has 8 nitrogen and oxygen atoms in total. The molecule has 23 heavy (non-hydrogen) atoms. The van der Waals surface area contributed by atoms with Gasteiger partial charge in [-0.3, -0.25) is 0 Å². The summed E-state index contributed by atoms with van der Waals surface area (Å²) in [5, 5.41) is 14.8. The second kappa shape index (κ2) is 9.52. The molecule has 0 saturated carbocycles. The second-order valence-electron chi connectivity index (χ2n) is 4.92. The van der Waals surface area contributed by atoms with E-state index in [9.17, 15) is 0 Å². The number of carbonyl (C=O) groups is 2. The molecule has 2 rings (SSSR count). The highest BCUT2D eigenvalue weighted by Gasteiger charge is 2.16. The zero-order valence-electron chi connectivity index (χ0n) is 13.2. The van der Waals surface area contributed by atoms with Gasteiger partial charge in [0.05, 0.1) is 6.61 Å². The lowest BCUT2D eigenvalue weighted by molar-refractivity contribution is -0.159. The number of carboxylic acids is 2.